The number of benzene rings is 1. The topological polar surface area (TPSA) is 113 Å². The maximum atomic E-state index is 12.8. The zero-order valence-corrected chi connectivity index (χ0v) is 17.0. The van der Waals surface area contributed by atoms with Crippen molar-refractivity contribution in [3.63, 3.8) is 0 Å². The number of aryl methyl sites for hydroxylation is 2. The summed E-state index contributed by atoms with van der Waals surface area (Å²) in [6.45, 7) is 10.2. The third-order valence-corrected chi connectivity index (χ3v) is 4.72. The fourth-order valence-corrected chi connectivity index (χ4v) is 3.11. The fourth-order valence-electron chi connectivity index (χ4n) is 3.11. The van der Waals surface area contributed by atoms with Crippen molar-refractivity contribution in [2.24, 2.45) is 0 Å². The minimum Gasteiger partial charge on any atom is -0.444 e. The first-order chi connectivity index (χ1) is 13.0. The SMILES string of the molecule is Cc1cc(N)c(NC(=O)c2[nH]nc3c2CCN(C(=O)OC(C)(C)C)C3)cc1C. The molecule has 2 amide bonds. The Balaban J connectivity index is 1.74. The van der Waals surface area contributed by atoms with Gasteiger partial charge in [0.25, 0.3) is 5.91 Å². The summed E-state index contributed by atoms with van der Waals surface area (Å²) >= 11 is 0. The van der Waals surface area contributed by atoms with Crippen LogP contribution in [-0.2, 0) is 17.7 Å². The summed E-state index contributed by atoms with van der Waals surface area (Å²) in [5.74, 6) is -0.297. The average Bonchev–Trinajstić information content (AvgIpc) is 3.01. The third kappa shape index (κ3) is 4.11. The smallest absolute Gasteiger partial charge is 0.410 e. The number of fused-ring (bicyclic) bond motifs is 1. The molecule has 0 unspecified atom stereocenters. The lowest BCUT2D eigenvalue weighted by molar-refractivity contribution is 0.0221. The quantitative estimate of drug-likeness (QED) is 0.687. The van der Waals surface area contributed by atoms with Gasteiger partial charge in [-0.3, -0.25) is 9.89 Å². The molecule has 4 N–H and O–H groups in total. The van der Waals surface area contributed by atoms with Crippen molar-refractivity contribution in [2.75, 3.05) is 17.6 Å². The number of ether oxygens (including phenoxy) is 1. The molecule has 0 fully saturated rings. The first kappa shape index (κ1) is 19.7. The Morgan fingerprint density at radius 2 is 1.93 bits per heavy atom. The molecule has 1 aromatic heterocycles. The van der Waals surface area contributed by atoms with Crippen LogP contribution in [0.4, 0.5) is 16.2 Å². The van der Waals surface area contributed by atoms with Gasteiger partial charge in [0.1, 0.15) is 11.3 Å². The number of aromatic nitrogens is 2. The van der Waals surface area contributed by atoms with E-state index in [1.807, 2.05) is 46.8 Å². The molecule has 2 heterocycles. The summed E-state index contributed by atoms with van der Waals surface area (Å²) in [7, 11) is 0. The number of rotatable bonds is 2. The molecular weight excluding hydrogens is 358 g/mol. The number of H-pyrrole nitrogens is 1. The normalized spacial score (nSPS) is 13.8. The highest BCUT2D eigenvalue weighted by Crippen LogP contribution is 2.26. The van der Waals surface area contributed by atoms with E-state index in [1.165, 1.54) is 0 Å². The first-order valence-electron chi connectivity index (χ1n) is 9.27. The zero-order valence-electron chi connectivity index (χ0n) is 17.0. The lowest BCUT2D eigenvalue weighted by atomic mass is 10.0. The second-order valence-corrected chi connectivity index (χ2v) is 8.15. The maximum absolute atomic E-state index is 12.8. The van der Waals surface area contributed by atoms with Crippen LogP contribution < -0.4 is 11.1 Å². The second-order valence-electron chi connectivity index (χ2n) is 8.15. The lowest BCUT2D eigenvalue weighted by Crippen LogP contribution is -2.40. The molecule has 0 aliphatic carbocycles. The number of nitrogens with zero attached hydrogens (tertiary/aromatic N) is 2. The number of nitrogens with one attached hydrogen (secondary N) is 2. The summed E-state index contributed by atoms with van der Waals surface area (Å²) in [6.07, 6.45) is 0.144. The zero-order chi connectivity index (χ0) is 20.6. The van der Waals surface area contributed by atoms with Crippen molar-refractivity contribution in [3.05, 3.63) is 40.2 Å². The summed E-state index contributed by atoms with van der Waals surface area (Å²) in [5, 5.41) is 9.90. The molecule has 28 heavy (non-hydrogen) atoms. The Morgan fingerprint density at radius 1 is 1.25 bits per heavy atom. The van der Waals surface area contributed by atoms with Crippen molar-refractivity contribution < 1.29 is 14.3 Å². The summed E-state index contributed by atoms with van der Waals surface area (Å²) < 4.78 is 5.42. The monoisotopic (exact) mass is 385 g/mol. The molecule has 3 rings (SSSR count). The van der Waals surface area contributed by atoms with E-state index in [9.17, 15) is 9.59 Å². The van der Waals surface area contributed by atoms with Gasteiger partial charge in [-0.2, -0.15) is 5.10 Å². The minimum atomic E-state index is -0.555. The molecule has 0 spiro atoms. The van der Waals surface area contributed by atoms with Gasteiger partial charge < -0.3 is 20.7 Å². The van der Waals surface area contributed by atoms with E-state index in [4.69, 9.17) is 10.5 Å². The summed E-state index contributed by atoms with van der Waals surface area (Å²) in [4.78, 5) is 26.6. The van der Waals surface area contributed by atoms with Crippen molar-refractivity contribution >= 4 is 23.4 Å². The Labute approximate surface area is 164 Å². The molecule has 0 atom stereocenters. The molecular formula is C20H27N5O3. The van der Waals surface area contributed by atoms with Gasteiger partial charge in [0.05, 0.1) is 23.6 Å². The van der Waals surface area contributed by atoms with Crippen LogP contribution in [0.25, 0.3) is 0 Å². The number of hydrogen-bond acceptors (Lipinski definition) is 5. The van der Waals surface area contributed by atoms with Crippen molar-refractivity contribution in [2.45, 2.75) is 53.2 Å². The first-order valence-corrected chi connectivity index (χ1v) is 9.27. The van der Waals surface area contributed by atoms with Crippen LogP contribution in [0.1, 0.15) is 53.6 Å². The predicted molar refractivity (Wildman–Crippen MR) is 107 cm³/mol. The van der Waals surface area contributed by atoms with Crippen LogP contribution in [0.2, 0.25) is 0 Å². The molecule has 0 radical (unpaired) electrons. The van der Waals surface area contributed by atoms with Crippen LogP contribution in [0.15, 0.2) is 12.1 Å². The third-order valence-electron chi connectivity index (χ3n) is 4.72. The number of amides is 2. The van der Waals surface area contributed by atoms with Crippen LogP contribution in [0.3, 0.4) is 0 Å². The van der Waals surface area contributed by atoms with E-state index in [2.05, 4.69) is 15.5 Å². The highest BCUT2D eigenvalue weighted by molar-refractivity contribution is 6.05. The molecule has 0 bridgehead atoms. The van der Waals surface area contributed by atoms with Crippen LogP contribution in [0.5, 0.6) is 0 Å². The average molecular weight is 385 g/mol. The van der Waals surface area contributed by atoms with Gasteiger partial charge in [-0.1, -0.05) is 0 Å². The number of anilines is 2. The molecule has 2 aromatic rings. The largest absolute Gasteiger partial charge is 0.444 e. The van der Waals surface area contributed by atoms with Crippen molar-refractivity contribution in [1.29, 1.82) is 0 Å². The molecule has 0 saturated carbocycles. The molecule has 1 aliphatic heterocycles. The van der Waals surface area contributed by atoms with Crippen molar-refractivity contribution in [3.8, 4) is 0 Å². The molecule has 1 aliphatic rings. The van der Waals surface area contributed by atoms with Gasteiger partial charge in [-0.15, -0.1) is 0 Å². The van der Waals surface area contributed by atoms with Gasteiger partial charge in [0, 0.05) is 12.1 Å². The minimum absolute atomic E-state index is 0.297. The van der Waals surface area contributed by atoms with E-state index < -0.39 is 5.60 Å². The van der Waals surface area contributed by atoms with E-state index >= 15 is 0 Å². The predicted octanol–water partition coefficient (Wildman–Crippen LogP) is 3.15. The van der Waals surface area contributed by atoms with E-state index in [1.54, 1.807) is 4.90 Å². The van der Waals surface area contributed by atoms with Crippen LogP contribution in [-0.4, -0.2) is 39.2 Å². The highest BCUT2D eigenvalue weighted by Gasteiger charge is 2.30. The highest BCUT2D eigenvalue weighted by atomic mass is 16.6. The molecule has 8 heteroatoms. The molecule has 0 saturated heterocycles. The fraction of sp³-hybridized carbons (Fsp3) is 0.450. The number of carbonyl (C=O) groups is 2. The Bertz CT molecular complexity index is 927. The van der Waals surface area contributed by atoms with Gasteiger partial charge in [-0.25, -0.2) is 4.79 Å². The number of aromatic amines is 1. The molecule has 8 nitrogen and oxygen atoms in total. The number of hydrogen-bond donors (Lipinski definition) is 3. The van der Waals surface area contributed by atoms with Crippen LogP contribution in [0, 0.1) is 13.8 Å². The van der Waals surface area contributed by atoms with Gasteiger partial charge in [-0.05, 0) is 64.3 Å². The van der Waals surface area contributed by atoms with Gasteiger partial charge in [0.15, 0.2) is 0 Å². The molecule has 1 aromatic carbocycles. The Hall–Kier alpha value is -3.03. The number of nitrogen functional groups attached to an aromatic ring is 1. The van der Waals surface area contributed by atoms with E-state index in [0.717, 1.165) is 16.7 Å². The van der Waals surface area contributed by atoms with Crippen LogP contribution >= 0.6 is 0 Å². The Morgan fingerprint density at radius 3 is 2.61 bits per heavy atom. The summed E-state index contributed by atoms with van der Waals surface area (Å²) in [5.41, 5.74) is 10.6. The maximum Gasteiger partial charge on any atom is 0.410 e. The standard InChI is InChI=1S/C20H27N5O3/c1-11-8-14(21)15(9-12(11)2)22-18(26)17-13-6-7-25(10-16(13)23-24-17)19(27)28-20(3,4)5/h8-9H,6-7,10,21H2,1-5H3,(H,22,26)(H,23,24). The van der Waals surface area contributed by atoms with Gasteiger partial charge in [0.2, 0.25) is 0 Å². The Kier molecular flexibility index (Phi) is 5.06. The van der Waals surface area contributed by atoms with Gasteiger partial charge >= 0.3 is 6.09 Å². The second kappa shape index (κ2) is 7.18. The lowest BCUT2D eigenvalue weighted by Gasteiger charge is -2.29. The van der Waals surface area contributed by atoms with Crippen molar-refractivity contribution in [1.82, 2.24) is 15.1 Å². The number of carbonyl (C=O) groups excluding carboxylic acids is 2. The van der Waals surface area contributed by atoms with E-state index in [0.29, 0.717) is 42.3 Å². The molecule has 150 valence electrons. The number of nitrogens with two attached hydrogens (primary N) is 1. The van der Waals surface area contributed by atoms with E-state index in [-0.39, 0.29) is 12.0 Å². The summed E-state index contributed by atoms with van der Waals surface area (Å²) in [6, 6.07) is 3.70.